The van der Waals surface area contributed by atoms with Gasteiger partial charge in [-0.1, -0.05) is 48.0 Å². The molecule has 4 heteroatoms. The first-order valence-corrected chi connectivity index (χ1v) is 8.29. The Kier molecular flexibility index (Phi) is 4.94. The van der Waals surface area contributed by atoms with Gasteiger partial charge in [-0.05, 0) is 24.6 Å². The smallest absolute Gasteiger partial charge is 0.227 e. The molecule has 2 aromatic rings. The van der Waals surface area contributed by atoms with Crippen molar-refractivity contribution >= 4 is 17.5 Å². The Hall–Kier alpha value is -2.62. The Bertz CT molecular complexity index is 727. The highest BCUT2D eigenvalue weighted by atomic mass is 16.2. The van der Waals surface area contributed by atoms with E-state index >= 15 is 0 Å². The van der Waals surface area contributed by atoms with E-state index in [0.29, 0.717) is 25.9 Å². The topological polar surface area (TPSA) is 49.4 Å². The molecule has 2 aromatic carbocycles. The van der Waals surface area contributed by atoms with E-state index in [4.69, 9.17) is 0 Å². The lowest BCUT2D eigenvalue weighted by molar-refractivity contribution is -0.121. The number of carbonyl (C=O) groups excluding carboxylic acids is 2. The van der Waals surface area contributed by atoms with Gasteiger partial charge in [0, 0.05) is 31.1 Å². The van der Waals surface area contributed by atoms with Crippen LogP contribution in [0.4, 0.5) is 5.69 Å². The highest BCUT2D eigenvalue weighted by Crippen LogP contribution is 2.24. The first-order valence-electron chi connectivity index (χ1n) is 8.29. The maximum atomic E-state index is 12.2. The minimum absolute atomic E-state index is 0.00575. The maximum absolute atomic E-state index is 12.2. The molecule has 1 aliphatic heterocycles. The summed E-state index contributed by atoms with van der Waals surface area (Å²) in [5, 5.41) is 2.97. The zero-order valence-electron chi connectivity index (χ0n) is 13.9. The Morgan fingerprint density at radius 1 is 1.17 bits per heavy atom. The Balaban J connectivity index is 1.50. The third-order valence-corrected chi connectivity index (χ3v) is 4.31. The summed E-state index contributed by atoms with van der Waals surface area (Å²) in [7, 11) is 0. The standard InChI is InChI=1S/C20H22N2O2/c1-15-6-5-7-16(10-15)11-19(23)21-13-17-12-20(24)22(14-17)18-8-3-2-4-9-18/h2-10,17H,11-14H2,1H3,(H,21,23). The van der Waals surface area contributed by atoms with Crippen LogP contribution in [-0.2, 0) is 16.0 Å². The molecule has 124 valence electrons. The average Bonchev–Trinajstić information content (AvgIpc) is 2.95. The van der Waals surface area contributed by atoms with Crippen LogP contribution in [0.5, 0.6) is 0 Å². The molecule has 0 radical (unpaired) electrons. The van der Waals surface area contributed by atoms with Crippen molar-refractivity contribution in [1.82, 2.24) is 5.32 Å². The lowest BCUT2D eigenvalue weighted by Gasteiger charge is -2.16. The molecule has 1 fully saturated rings. The average molecular weight is 322 g/mol. The van der Waals surface area contributed by atoms with E-state index in [1.165, 1.54) is 0 Å². The van der Waals surface area contributed by atoms with Gasteiger partial charge in [-0.15, -0.1) is 0 Å². The number of para-hydroxylation sites is 1. The van der Waals surface area contributed by atoms with Gasteiger partial charge in [0.1, 0.15) is 0 Å². The van der Waals surface area contributed by atoms with E-state index in [1.54, 1.807) is 4.90 Å². The van der Waals surface area contributed by atoms with Crippen molar-refractivity contribution < 1.29 is 9.59 Å². The van der Waals surface area contributed by atoms with Gasteiger partial charge >= 0.3 is 0 Å². The Morgan fingerprint density at radius 2 is 1.96 bits per heavy atom. The first-order chi connectivity index (χ1) is 11.6. The molecule has 4 nitrogen and oxygen atoms in total. The minimum atomic E-state index is 0.00575. The summed E-state index contributed by atoms with van der Waals surface area (Å²) in [4.78, 5) is 26.1. The maximum Gasteiger partial charge on any atom is 0.227 e. The molecule has 0 aliphatic carbocycles. The molecule has 0 aromatic heterocycles. The molecule has 24 heavy (non-hydrogen) atoms. The SMILES string of the molecule is Cc1cccc(CC(=O)NCC2CC(=O)N(c3ccccc3)C2)c1. The second-order valence-corrected chi connectivity index (χ2v) is 6.38. The molecule has 3 rings (SSSR count). The summed E-state index contributed by atoms with van der Waals surface area (Å²) < 4.78 is 0. The summed E-state index contributed by atoms with van der Waals surface area (Å²) in [6, 6.07) is 17.6. The minimum Gasteiger partial charge on any atom is -0.355 e. The fourth-order valence-electron chi connectivity index (χ4n) is 3.10. The number of benzene rings is 2. The van der Waals surface area contributed by atoms with Crippen LogP contribution in [-0.4, -0.2) is 24.9 Å². The van der Waals surface area contributed by atoms with Crippen LogP contribution >= 0.6 is 0 Å². The van der Waals surface area contributed by atoms with Gasteiger partial charge in [-0.25, -0.2) is 0 Å². The summed E-state index contributed by atoms with van der Waals surface area (Å²) in [6.07, 6.45) is 0.865. The molecule has 1 unspecified atom stereocenters. The van der Waals surface area contributed by atoms with E-state index < -0.39 is 0 Å². The van der Waals surface area contributed by atoms with Crippen molar-refractivity contribution in [3.63, 3.8) is 0 Å². The van der Waals surface area contributed by atoms with Crippen molar-refractivity contribution in [2.24, 2.45) is 5.92 Å². The Morgan fingerprint density at radius 3 is 2.71 bits per heavy atom. The lowest BCUT2D eigenvalue weighted by atomic mass is 10.1. The summed E-state index contributed by atoms with van der Waals surface area (Å²) >= 11 is 0. The highest BCUT2D eigenvalue weighted by Gasteiger charge is 2.30. The van der Waals surface area contributed by atoms with E-state index in [9.17, 15) is 9.59 Å². The van der Waals surface area contributed by atoms with Crippen molar-refractivity contribution in [2.75, 3.05) is 18.0 Å². The second kappa shape index (κ2) is 7.30. The zero-order valence-corrected chi connectivity index (χ0v) is 13.9. The molecule has 0 saturated carbocycles. The van der Waals surface area contributed by atoms with Crippen LogP contribution in [0.15, 0.2) is 54.6 Å². The predicted octanol–water partition coefficient (Wildman–Crippen LogP) is 2.71. The zero-order chi connectivity index (χ0) is 16.9. The van der Waals surface area contributed by atoms with Crippen molar-refractivity contribution in [3.8, 4) is 0 Å². The number of nitrogens with one attached hydrogen (secondary N) is 1. The van der Waals surface area contributed by atoms with Gasteiger partial charge in [0.05, 0.1) is 6.42 Å². The van der Waals surface area contributed by atoms with Gasteiger partial charge in [0.2, 0.25) is 11.8 Å². The number of carbonyl (C=O) groups is 2. The molecule has 1 atom stereocenters. The van der Waals surface area contributed by atoms with E-state index in [-0.39, 0.29) is 17.7 Å². The van der Waals surface area contributed by atoms with Crippen LogP contribution in [0.1, 0.15) is 17.5 Å². The number of anilines is 1. The highest BCUT2D eigenvalue weighted by molar-refractivity contribution is 5.95. The van der Waals surface area contributed by atoms with E-state index in [2.05, 4.69) is 5.32 Å². The molecular formula is C20H22N2O2. The number of hydrogen-bond donors (Lipinski definition) is 1. The number of rotatable bonds is 5. The number of nitrogens with zero attached hydrogens (tertiary/aromatic N) is 1. The first kappa shape index (κ1) is 16.2. The molecule has 0 spiro atoms. The summed E-state index contributed by atoms with van der Waals surface area (Å²) in [5.41, 5.74) is 3.09. The number of hydrogen-bond acceptors (Lipinski definition) is 2. The lowest BCUT2D eigenvalue weighted by Crippen LogP contribution is -2.32. The largest absolute Gasteiger partial charge is 0.355 e. The van der Waals surface area contributed by atoms with Crippen LogP contribution in [0.25, 0.3) is 0 Å². The van der Waals surface area contributed by atoms with Crippen LogP contribution in [0.2, 0.25) is 0 Å². The van der Waals surface area contributed by atoms with Crippen molar-refractivity contribution in [3.05, 3.63) is 65.7 Å². The predicted molar refractivity (Wildman–Crippen MR) is 94.8 cm³/mol. The van der Waals surface area contributed by atoms with Gasteiger partial charge in [0.25, 0.3) is 0 Å². The van der Waals surface area contributed by atoms with Gasteiger partial charge < -0.3 is 10.2 Å². The molecule has 1 N–H and O–H groups in total. The summed E-state index contributed by atoms with van der Waals surface area (Å²) in [5.74, 6) is 0.296. The second-order valence-electron chi connectivity index (χ2n) is 6.38. The van der Waals surface area contributed by atoms with Gasteiger partial charge in [-0.3, -0.25) is 9.59 Å². The van der Waals surface area contributed by atoms with Crippen LogP contribution in [0.3, 0.4) is 0 Å². The third kappa shape index (κ3) is 4.02. The molecule has 0 bridgehead atoms. The summed E-state index contributed by atoms with van der Waals surface area (Å²) in [6.45, 7) is 3.22. The van der Waals surface area contributed by atoms with Crippen molar-refractivity contribution in [2.45, 2.75) is 19.8 Å². The molecule has 1 aliphatic rings. The monoisotopic (exact) mass is 322 g/mol. The van der Waals surface area contributed by atoms with E-state index in [0.717, 1.165) is 16.8 Å². The van der Waals surface area contributed by atoms with Crippen molar-refractivity contribution in [1.29, 1.82) is 0 Å². The fourth-order valence-corrected chi connectivity index (χ4v) is 3.10. The molecular weight excluding hydrogens is 300 g/mol. The molecule has 1 saturated heterocycles. The molecule has 1 heterocycles. The number of aryl methyl sites for hydroxylation is 1. The molecule has 2 amide bonds. The Labute approximate surface area is 142 Å². The fraction of sp³-hybridized carbons (Fsp3) is 0.300. The van der Waals surface area contributed by atoms with Crippen LogP contribution < -0.4 is 10.2 Å². The van der Waals surface area contributed by atoms with E-state index in [1.807, 2.05) is 61.5 Å². The van der Waals surface area contributed by atoms with Gasteiger partial charge in [0.15, 0.2) is 0 Å². The number of amides is 2. The quantitative estimate of drug-likeness (QED) is 0.920. The third-order valence-electron chi connectivity index (χ3n) is 4.31. The van der Waals surface area contributed by atoms with Gasteiger partial charge in [-0.2, -0.15) is 0 Å². The van der Waals surface area contributed by atoms with Crippen LogP contribution in [0, 0.1) is 12.8 Å². The normalized spacial score (nSPS) is 17.1.